The summed E-state index contributed by atoms with van der Waals surface area (Å²) in [5.41, 5.74) is 7.13. The minimum absolute atomic E-state index is 0.192. The van der Waals surface area contributed by atoms with Gasteiger partial charge in [-0.15, -0.1) is 0 Å². The number of hydrogen-bond donors (Lipinski definition) is 1. The van der Waals surface area contributed by atoms with E-state index in [1.54, 1.807) is 6.20 Å². The SMILES string of the molecule is NC(=S)c1ncccc1CN1CCCC1=O. The quantitative estimate of drug-likeness (QED) is 0.789. The topological polar surface area (TPSA) is 59.2 Å². The molecule has 2 rings (SSSR count). The summed E-state index contributed by atoms with van der Waals surface area (Å²) < 4.78 is 0. The molecule has 0 aromatic carbocycles. The summed E-state index contributed by atoms with van der Waals surface area (Å²) >= 11 is 4.93. The van der Waals surface area contributed by atoms with Crippen molar-refractivity contribution in [3.63, 3.8) is 0 Å². The highest BCUT2D eigenvalue weighted by Gasteiger charge is 2.21. The van der Waals surface area contributed by atoms with Crippen molar-refractivity contribution in [2.75, 3.05) is 6.54 Å². The molecule has 0 bridgehead atoms. The number of hydrogen-bond acceptors (Lipinski definition) is 3. The molecule has 2 heterocycles. The Bertz CT molecular complexity index is 433. The van der Waals surface area contributed by atoms with Gasteiger partial charge >= 0.3 is 0 Å². The molecule has 0 unspecified atom stereocenters. The van der Waals surface area contributed by atoms with Gasteiger partial charge in [0.15, 0.2) is 0 Å². The Balaban J connectivity index is 2.20. The number of likely N-dealkylation sites (tertiary alicyclic amines) is 1. The molecule has 1 aliphatic rings. The van der Waals surface area contributed by atoms with Crippen molar-refractivity contribution >= 4 is 23.1 Å². The van der Waals surface area contributed by atoms with Crippen LogP contribution in [0.3, 0.4) is 0 Å². The predicted octanol–water partition coefficient (Wildman–Crippen LogP) is 0.838. The Hall–Kier alpha value is -1.49. The van der Waals surface area contributed by atoms with Gasteiger partial charge in [0.1, 0.15) is 10.7 Å². The van der Waals surface area contributed by atoms with E-state index in [0.717, 1.165) is 18.5 Å². The highest BCUT2D eigenvalue weighted by atomic mass is 32.1. The van der Waals surface area contributed by atoms with Crippen LogP contribution in [0.4, 0.5) is 0 Å². The Kier molecular flexibility index (Phi) is 3.14. The van der Waals surface area contributed by atoms with E-state index in [4.69, 9.17) is 18.0 Å². The second kappa shape index (κ2) is 4.57. The maximum atomic E-state index is 11.5. The van der Waals surface area contributed by atoms with Crippen molar-refractivity contribution in [3.05, 3.63) is 29.6 Å². The number of nitrogens with zero attached hydrogens (tertiary/aromatic N) is 2. The summed E-state index contributed by atoms with van der Waals surface area (Å²) in [6, 6.07) is 3.74. The van der Waals surface area contributed by atoms with Crippen LogP contribution in [-0.4, -0.2) is 27.3 Å². The molecule has 4 nitrogen and oxygen atoms in total. The first-order chi connectivity index (χ1) is 7.68. The molecule has 1 saturated heterocycles. The Labute approximate surface area is 99.5 Å². The summed E-state index contributed by atoms with van der Waals surface area (Å²) in [5, 5.41) is 0. The number of carbonyl (C=O) groups excluding carboxylic acids is 1. The summed E-state index contributed by atoms with van der Waals surface area (Å²) in [5.74, 6) is 0.192. The molecule has 1 aromatic heterocycles. The molecular weight excluding hydrogens is 222 g/mol. The van der Waals surface area contributed by atoms with E-state index in [9.17, 15) is 4.79 Å². The van der Waals surface area contributed by atoms with E-state index in [-0.39, 0.29) is 10.9 Å². The lowest BCUT2D eigenvalue weighted by Crippen LogP contribution is -2.26. The minimum Gasteiger partial charge on any atom is -0.388 e. The van der Waals surface area contributed by atoms with Gasteiger partial charge in [-0.1, -0.05) is 18.3 Å². The monoisotopic (exact) mass is 235 g/mol. The normalized spacial score (nSPS) is 15.5. The van der Waals surface area contributed by atoms with Gasteiger partial charge in [-0.05, 0) is 12.5 Å². The van der Waals surface area contributed by atoms with Gasteiger partial charge in [0, 0.05) is 31.3 Å². The number of nitrogens with two attached hydrogens (primary N) is 1. The Morgan fingerprint density at radius 2 is 2.44 bits per heavy atom. The summed E-state index contributed by atoms with van der Waals surface area (Å²) in [6.45, 7) is 1.36. The third kappa shape index (κ3) is 2.19. The van der Waals surface area contributed by atoms with Crippen LogP contribution >= 0.6 is 12.2 Å². The Morgan fingerprint density at radius 3 is 3.06 bits per heavy atom. The first-order valence-corrected chi connectivity index (χ1v) is 5.61. The third-order valence-electron chi connectivity index (χ3n) is 2.66. The summed E-state index contributed by atoms with van der Waals surface area (Å²) in [4.78, 5) is 17.7. The van der Waals surface area contributed by atoms with Crippen LogP contribution in [-0.2, 0) is 11.3 Å². The first-order valence-electron chi connectivity index (χ1n) is 5.20. The molecule has 0 atom stereocenters. The van der Waals surface area contributed by atoms with Gasteiger partial charge in [0.2, 0.25) is 5.91 Å². The maximum Gasteiger partial charge on any atom is 0.222 e. The lowest BCUT2D eigenvalue weighted by molar-refractivity contribution is -0.128. The fourth-order valence-corrected chi connectivity index (χ4v) is 2.05. The molecule has 0 spiro atoms. The maximum absolute atomic E-state index is 11.5. The van der Waals surface area contributed by atoms with Gasteiger partial charge < -0.3 is 10.6 Å². The molecule has 0 aliphatic carbocycles. The van der Waals surface area contributed by atoms with E-state index >= 15 is 0 Å². The molecule has 1 aliphatic heterocycles. The van der Waals surface area contributed by atoms with Crippen LogP contribution in [0.25, 0.3) is 0 Å². The molecule has 1 amide bonds. The van der Waals surface area contributed by atoms with Crippen LogP contribution < -0.4 is 5.73 Å². The summed E-state index contributed by atoms with van der Waals surface area (Å²) in [7, 11) is 0. The average Bonchev–Trinajstić information content (AvgIpc) is 2.65. The highest BCUT2D eigenvalue weighted by molar-refractivity contribution is 7.80. The van der Waals surface area contributed by atoms with Crippen molar-refractivity contribution in [3.8, 4) is 0 Å². The lowest BCUT2D eigenvalue weighted by atomic mass is 10.2. The molecule has 0 saturated carbocycles. The van der Waals surface area contributed by atoms with Crippen LogP contribution in [0, 0.1) is 0 Å². The molecule has 2 N–H and O–H groups in total. The zero-order valence-corrected chi connectivity index (χ0v) is 9.67. The highest BCUT2D eigenvalue weighted by Crippen LogP contribution is 2.15. The number of aromatic nitrogens is 1. The molecule has 5 heteroatoms. The van der Waals surface area contributed by atoms with Crippen molar-refractivity contribution in [1.82, 2.24) is 9.88 Å². The van der Waals surface area contributed by atoms with Gasteiger partial charge in [-0.3, -0.25) is 9.78 Å². The fraction of sp³-hybridized carbons (Fsp3) is 0.364. The van der Waals surface area contributed by atoms with Gasteiger partial charge in [0.25, 0.3) is 0 Å². The number of thiocarbonyl (C=S) groups is 1. The first kappa shape index (κ1) is 11.0. The molecule has 0 radical (unpaired) electrons. The van der Waals surface area contributed by atoms with Crippen LogP contribution in [0.15, 0.2) is 18.3 Å². The smallest absolute Gasteiger partial charge is 0.222 e. The van der Waals surface area contributed by atoms with Crippen molar-refractivity contribution in [2.24, 2.45) is 5.73 Å². The third-order valence-corrected chi connectivity index (χ3v) is 2.85. The number of carbonyl (C=O) groups is 1. The predicted molar refractivity (Wildman–Crippen MR) is 64.8 cm³/mol. The zero-order chi connectivity index (χ0) is 11.5. The van der Waals surface area contributed by atoms with Gasteiger partial charge in [-0.25, -0.2) is 0 Å². The molecular formula is C11H13N3OS. The van der Waals surface area contributed by atoms with Gasteiger partial charge in [0.05, 0.1) is 0 Å². The number of rotatable bonds is 3. The van der Waals surface area contributed by atoms with E-state index in [1.807, 2.05) is 17.0 Å². The Morgan fingerprint density at radius 1 is 1.62 bits per heavy atom. The second-order valence-corrected chi connectivity index (χ2v) is 4.23. The molecule has 16 heavy (non-hydrogen) atoms. The van der Waals surface area contributed by atoms with E-state index in [1.165, 1.54) is 0 Å². The second-order valence-electron chi connectivity index (χ2n) is 3.79. The van der Waals surface area contributed by atoms with Crippen LogP contribution in [0.5, 0.6) is 0 Å². The molecule has 1 fully saturated rings. The van der Waals surface area contributed by atoms with Crippen molar-refractivity contribution in [2.45, 2.75) is 19.4 Å². The summed E-state index contributed by atoms with van der Waals surface area (Å²) in [6.07, 6.45) is 3.23. The van der Waals surface area contributed by atoms with Gasteiger partial charge in [-0.2, -0.15) is 0 Å². The zero-order valence-electron chi connectivity index (χ0n) is 8.85. The largest absolute Gasteiger partial charge is 0.388 e. The standard InChI is InChI=1S/C11H13N3OS/c12-11(16)10-8(3-1-5-13-10)7-14-6-2-4-9(14)15/h1,3,5H,2,4,6-7H2,(H2,12,16). The van der Waals surface area contributed by atoms with Crippen LogP contribution in [0.2, 0.25) is 0 Å². The van der Waals surface area contributed by atoms with Crippen molar-refractivity contribution in [1.29, 1.82) is 0 Å². The molecule has 1 aromatic rings. The number of pyridine rings is 1. The molecule has 84 valence electrons. The van der Waals surface area contributed by atoms with Crippen molar-refractivity contribution < 1.29 is 4.79 Å². The van der Waals surface area contributed by atoms with Crippen LogP contribution in [0.1, 0.15) is 24.1 Å². The van der Waals surface area contributed by atoms with E-state index < -0.39 is 0 Å². The van der Waals surface area contributed by atoms with E-state index in [0.29, 0.717) is 18.7 Å². The average molecular weight is 235 g/mol. The van der Waals surface area contributed by atoms with E-state index in [2.05, 4.69) is 4.98 Å². The lowest BCUT2D eigenvalue weighted by Gasteiger charge is -2.16. The number of amides is 1. The minimum atomic E-state index is 0.192. The fourth-order valence-electron chi connectivity index (χ4n) is 1.86.